The van der Waals surface area contributed by atoms with E-state index in [0.29, 0.717) is 11.5 Å². The Bertz CT molecular complexity index is 1210. The Kier molecular flexibility index (Phi) is 3.42. The summed E-state index contributed by atoms with van der Waals surface area (Å²) >= 11 is 0. The van der Waals surface area contributed by atoms with Crippen molar-refractivity contribution >= 4 is 23.7 Å². The third-order valence-electron chi connectivity index (χ3n) is 6.02. The van der Waals surface area contributed by atoms with Crippen molar-refractivity contribution in [3.63, 3.8) is 0 Å². The molecule has 1 saturated heterocycles. The van der Waals surface area contributed by atoms with Gasteiger partial charge in [-0.15, -0.1) is 0 Å². The van der Waals surface area contributed by atoms with Crippen molar-refractivity contribution in [1.29, 1.82) is 0 Å². The van der Waals surface area contributed by atoms with Crippen LogP contribution in [0.5, 0.6) is 17.2 Å². The molecule has 3 aliphatic heterocycles. The summed E-state index contributed by atoms with van der Waals surface area (Å²) in [5.74, 6) is -1.61. The quantitative estimate of drug-likeness (QED) is 0.638. The molecule has 6 rings (SSSR count). The van der Waals surface area contributed by atoms with Gasteiger partial charge in [-0.3, -0.25) is 14.5 Å². The van der Waals surface area contributed by atoms with E-state index in [-0.39, 0.29) is 23.0 Å². The zero-order valence-corrected chi connectivity index (χ0v) is 16.1. The highest BCUT2D eigenvalue weighted by molar-refractivity contribution is 6.07. The highest BCUT2D eigenvalue weighted by Crippen LogP contribution is 2.52. The Morgan fingerprint density at radius 3 is 2.35 bits per heavy atom. The molecule has 0 spiro atoms. The van der Waals surface area contributed by atoms with E-state index in [1.807, 2.05) is 0 Å². The van der Waals surface area contributed by atoms with Gasteiger partial charge in [0.05, 0.1) is 11.8 Å². The van der Waals surface area contributed by atoms with Gasteiger partial charge in [-0.05, 0) is 24.3 Å². The first-order valence-corrected chi connectivity index (χ1v) is 9.61. The van der Waals surface area contributed by atoms with Gasteiger partial charge in [-0.1, -0.05) is 12.1 Å². The van der Waals surface area contributed by atoms with E-state index in [1.165, 1.54) is 13.2 Å². The number of imide groups is 1. The molecule has 10 nitrogen and oxygen atoms in total. The molecular formula is C21H15N3O7. The van der Waals surface area contributed by atoms with Crippen LogP contribution in [0.2, 0.25) is 0 Å². The van der Waals surface area contributed by atoms with E-state index in [0.717, 1.165) is 9.80 Å². The van der Waals surface area contributed by atoms with Crippen LogP contribution in [0.1, 0.15) is 0 Å². The molecule has 156 valence electrons. The van der Waals surface area contributed by atoms with Gasteiger partial charge in [-0.25, -0.2) is 14.7 Å². The molecule has 4 atom stereocenters. The summed E-state index contributed by atoms with van der Waals surface area (Å²) in [4.78, 5) is 44.5. The number of pyridine rings is 1. The smallest absolute Gasteiger partial charge is 0.417 e. The molecule has 4 unspecified atom stereocenters. The molecular weight excluding hydrogens is 406 g/mol. The van der Waals surface area contributed by atoms with Crippen molar-refractivity contribution in [2.45, 2.75) is 12.2 Å². The normalized spacial score (nSPS) is 27.8. The molecule has 1 N–H and O–H groups in total. The number of para-hydroxylation sites is 2. The molecule has 0 saturated carbocycles. The molecule has 4 aliphatic rings. The first kappa shape index (κ1) is 17.8. The number of carbonyl (C=O) groups excluding carboxylic acids is 2. The number of aromatic nitrogens is 1. The fourth-order valence-corrected chi connectivity index (χ4v) is 4.70. The number of benzene rings is 1. The van der Waals surface area contributed by atoms with Crippen molar-refractivity contribution < 1.29 is 33.7 Å². The highest BCUT2D eigenvalue weighted by atomic mass is 16.6. The van der Waals surface area contributed by atoms with E-state index in [9.17, 15) is 19.5 Å². The van der Waals surface area contributed by atoms with E-state index < -0.39 is 42.0 Å². The maximum atomic E-state index is 13.0. The van der Waals surface area contributed by atoms with Crippen LogP contribution >= 0.6 is 0 Å². The largest absolute Gasteiger partial charge is 0.479 e. The zero-order chi connectivity index (χ0) is 21.4. The van der Waals surface area contributed by atoms with Crippen molar-refractivity contribution in [2.24, 2.45) is 11.8 Å². The lowest BCUT2D eigenvalue weighted by molar-refractivity contribution is -0.138. The number of nitrogens with zero attached hydrogens (tertiary/aromatic N) is 3. The van der Waals surface area contributed by atoms with Gasteiger partial charge in [-0.2, -0.15) is 0 Å². The summed E-state index contributed by atoms with van der Waals surface area (Å²) in [6.45, 7) is 0. The zero-order valence-electron chi connectivity index (χ0n) is 16.1. The van der Waals surface area contributed by atoms with Gasteiger partial charge < -0.3 is 19.3 Å². The lowest BCUT2D eigenvalue weighted by Crippen LogP contribution is -2.57. The number of carboxylic acid groups (broad SMARTS) is 1. The third kappa shape index (κ3) is 2.21. The second-order valence-corrected chi connectivity index (χ2v) is 7.61. The van der Waals surface area contributed by atoms with Crippen LogP contribution in [-0.2, 0) is 9.59 Å². The summed E-state index contributed by atoms with van der Waals surface area (Å²) in [6, 6.07) is 10.0. The molecule has 10 heteroatoms. The molecule has 1 aromatic heterocycles. The van der Waals surface area contributed by atoms with Crippen LogP contribution in [0.25, 0.3) is 0 Å². The van der Waals surface area contributed by atoms with E-state index in [1.54, 1.807) is 36.4 Å². The lowest BCUT2D eigenvalue weighted by Gasteiger charge is -2.45. The molecule has 4 heterocycles. The van der Waals surface area contributed by atoms with Gasteiger partial charge in [0.15, 0.2) is 41.0 Å². The predicted octanol–water partition coefficient (Wildman–Crippen LogP) is 1.62. The number of carbonyl (C=O) groups is 3. The lowest BCUT2D eigenvalue weighted by atomic mass is 9.77. The molecule has 1 aliphatic carbocycles. The molecule has 0 radical (unpaired) electrons. The Morgan fingerprint density at radius 1 is 0.968 bits per heavy atom. The SMILES string of the molecule is CN1C(=O)C2C3Oc4ccccc4OC3=C3C(Oc4cccnc4N3C(=O)O)C2C1=O. The number of hydrogen-bond acceptors (Lipinski definition) is 7. The van der Waals surface area contributed by atoms with Crippen LogP contribution < -0.4 is 19.1 Å². The van der Waals surface area contributed by atoms with Gasteiger partial charge in [0.25, 0.3) is 0 Å². The first-order chi connectivity index (χ1) is 15.0. The third-order valence-corrected chi connectivity index (χ3v) is 6.02. The van der Waals surface area contributed by atoms with Crippen LogP contribution in [0.4, 0.5) is 10.6 Å². The van der Waals surface area contributed by atoms with Crippen molar-refractivity contribution in [2.75, 3.05) is 11.9 Å². The number of rotatable bonds is 0. The number of anilines is 1. The molecule has 1 aromatic carbocycles. The Morgan fingerprint density at radius 2 is 1.61 bits per heavy atom. The second-order valence-electron chi connectivity index (χ2n) is 7.61. The Balaban J connectivity index is 1.63. The monoisotopic (exact) mass is 421 g/mol. The topological polar surface area (TPSA) is 118 Å². The summed E-state index contributed by atoms with van der Waals surface area (Å²) in [6.07, 6.45) is -1.92. The second kappa shape index (κ2) is 5.97. The van der Waals surface area contributed by atoms with Crippen LogP contribution in [0, 0.1) is 11.8 Å². The van der Waals surface area contributed by atoms with Crippen molar-refractivity contribution in [3.05, 3.63) is 54.1 Å². The summed E-state index contributed by atoms with van der Waals surface area (Å²) in [5.41, 5.74) is 0.0934. The molecule has 31 heavy (non-hydrogen) atoms. The number of likely N-dealkylation sites (tertiary alicyclic amines) is 1. The fraction of sp³-hybridized carbons (Fsp3) is 0.238. The van der Waals surface area contributed by atoms with Crippen molar-refractivity contribution in [3.8, 4) is 17.2 Å². The average Bonchev–Trinajstić information content (AvgIpc) is 3.00. The minimum atomic E-state index is -1.32. The predicted molar refractivity (Wildman–Crippen MR) is 102 cm³/mol. The number of hydrogen-bond donors (Lipinski definition) is 1. The van der Waals surface area contributed by atoms with Gasteiger partial charge >= 0.3 is 6.09 Å². The number of amides is 3. The molecule has 3 amide bonds. The maximum Gasteiger partial charge on any atom is 0.417 e. The molecule has 1 fully saturated rings. The van der Waals surface area contributed by atoms with E-state index >= 15 is 0 Å². The van der Waals surface area contributed by atoms with Crippen LogP contribution in [0.15, 0.2) is 54.1 Å². The standard InChI is InChI=1S/C21H15N3O7/c1-23-19(25)12-13(20(23)26)16-17(30-10-6-3-2-5-9(10)29-16)14-15(12)31-11-7-4-8-22-18(11)24(14)21(27)28/h2-8,12-13,15-16H,1H3,(H,27,28). The summed E-state index contributed by atoms with van der Waals surface area (Å²) < 4.78 is 18.3. The Labute approximate surface area is 175 Å². The van der Waals surface area contributed by atoms with Gasteiger partial charge in [0.1, 0.15) is 5.70 Å². The van der Waals surface area contributed by atoms with Crippen LogP contribution in [-0.4, -0.2) is 52.2 Å². The molecule has 2 aromatic rings. The van der Waals surface area contributed by atoms with Gasteiger partial charge in [0.2, 0.25) is 11.8 Å². The first-order valence-electron chi connectivity index (χ1n) is 9.61. The maximum absolute atomic E-state index is 13.0. The summed E-state index contributed by atoms with van der Waals surface area (Å²) in [5, 5.41) is 10.1. The number of ether oxygens (including phenoxy) is 3. The Hall–Kier alpha value is -4.08. The van der Waals surface area contributed by atoms with Gasteiger partial charge in [0, 0.05) is 13.2 Å². The van der Waals surface area contributed by atoms with Crippen molar-refractivity contribution in [1.82, 2.24) is 9.88 Å². The van der Waals surface area contributed by atoms with Crippen LogP contribution in [0.3, 0.4) is 0 Å². The minimum absolute atomic E-state index is 0.0542. The minimum Gasteiger partial charge on any atom is -0.479 e. The summed E-state index contributed by atoms with van der Waals surface area (Å²) in [7, 11) is 1.40. The average molecular weight is 421 g/mol. The number of fused-ring (bicyclic) bond motifs is 7. The highest BCUT2D eigenvalue weighted by Gasteiger charge is 2.64. The van der Waals surface area contributed by atoms with E-state index in [2.05, 4.69) is 4.98 Å². The molecule has 0 bridgehead atoms. The van der Waals surface area contributed by atoms with E-state index in [4.69, 9.17) is 14.2 Å². The fourth-order valence-electron chi connectivity index (χ4n) is 4.70.